The number of amides is 1. The smallest absolute Gasteiger partial charge is 0.358 e. The molecule has 0 unspecified atom stereocenters. The molecule has 2 heterocycles. The maximum atomic E-state index is 11.8. The van der Waals surface area contributed by atoms with Gasteiger partial charge in [0.25, 0.3) is 0 Å². The minimum absolute atomic E-state index is 0.0571. The second-order valence-corrected chi connectivity index (χ2v) is 5.58. The quantitative estimate of drug-likeness (QED) is 0.460. The second kappa shape index (κ2) is 7.42. The van der Waals surface area contributed by atoms with Crippen molar-refractivity contribution in [2.24, 2.45) is 0 Å². The summed E-state index contributed by atoms with van der Waals surface area (Å²) in [4.78, 5) is 21.9. The predicted molar refractivity (Wildman–Crippen MR) is 83.5 cm³/mol. The van der Waals surface area contributed by atoms with E-state index in [1.165, 1.54) is 10.9 Å². The Bertz CT molecular complexity index is 726. The SMILES string of the molecule is Cc1c(Cl)c([N+](=O)[O-])nn1CC(=O)NCCCn1cc(Cl)cn1. The molecule has 0 aliphatic heterocycles. The number of hydrogen-bond donors (Lipinski definition) is 1. The fourth-order valence-corrected chi connectivity index (χ4v) is 2.26. The molecule has 9 nitrogen and oxygen atoms in total. The van der Waals surface area contributed by atoms with Gasteiger partial charge in [0, 0.05) is 19.3 Å². The lowest BCUT2D eigenvalue weighted by Crippen LogP contribution is -2.29. The first-order valence-corrected chi connectivity index (χ1v) is 7.46. The lowest BCUT2D eigenvalue weighted by molar-refractivity contribution is -0.389. The average molecular weight is 361 g/mol. The molecule has 124 valence electrons. The van der Waals surface area contributed by atoms with Gasteiger partial charge in [-0.1, -0.05) is 23.2 Å². The third kappa shape index (κ3) is 4.42. The van der Waals surface area contributed by atoms with Crippen LogP contribution in [0.5, 0.6) is 0 Å². The van der Waals surface area contributed by atoms with Gasteiger partial charge in [0.15, 0.2) is 5.02 Å². The highest BCUT2D eigenvalue weighted by Crippen LogP contribution is 2.26. The molecule has 0 aliphatic rings. The second-order valence-electron chi connectivity index (χ2n) is 4.76. The van der Waals surface area contributed by atoms with E-state index in [1.807, 2.05) is 0 Å². The number of nitro groups is 1. The Morgan fingerprint density at radius 3 is 2.78 bits per heavy atom. The number of rotatable bonds is 7. The maximum Gasteiger partial charge on any atom is 0.408 e. The minimum atomic E-state index is -0.682. The molecule has 0 aliphatic carbocycles. The Balaban J connectivity index is 1.81. The molecular weight excluding hydrogens is 347 g/mol. The van der Waals surface area contributed by atoms with Crippen molar-refractivity contribution >= 4 is 34.9 Å². The molecule has 1 N–H and O–H groups in total. The van der Waals surface area contributed by atoms with Crippen molar-refractivity contribution in [1.82, 2.24) is 24.9 Å². The van der Waals surface area contributed by atoms with E-state index in [0.717, 1.165) is 0 Å². The summed E-state index contributed by atoms with van der Waals surface area (Å²) < 4.78 is 2.89. The highest BCUT2D eigenvalue weighted by molar-refractivity contribution is 6.33. The summed E-state index contributed by atoms with van der Waals surface area (Å²) in [5.74, 6) is -0.756. The third-order valence-corrected chi connectivity index (χ3v) is 3.71. The van der Waals surface area contributed by atoms with Gasteiger partial charge < -0.3 is 15.4 Å². The van der Waals surface area contributed by atoms with Crippen LogP contribution >= 0.6 is 23.2 Å². The highest BCUT2D eigenvalue weighted by Gasteiger charge is 2.24. The largest absolute Gasteiger partial charge is 0.408 e. The van der Waals surface area contributed by atoms with E-state index >= 15 is 0 Å². The summed E-state index contributed by atoms with van der Waals surface area (Å²) in [6.07, 6.45) is 3.90. The monoisotopic (exact) mass is 360 g/mol. The topological polar surface area (TPSA) is 108 Å². The van der Waals surface area contributed by atoms with Crippen LogP contribution in [0.1, 0.15) is 12.1 Å². The van der Waals surface area contributed by atoms with Gasteiger partial charge in [-0.2, -0.15) is 9.78 Å². The molecule has 0 bridgehead atoms. The number of nitrogens with zero attached hydrogens (tertiary/aromatic N) is 5. The van der Waals surface area contributed by atoms with E-state index in [-0.39, 0.29) is 17.5 Å². The summed E-state index contributed by atoms with van der Waals surface area (Å²) in [5.41, 5.74) is 0.375. The molecule has 0 saturated carbocycles. The number of aromatic nitrogens is 4. The molecule has 23 heavy (non-hydrogen) atoms. The van der Waals surface area contributed by atoms with E-state index in [2.05, 4.69) is 15.5 Å². The third-order valence-electron chi connectivity index (χ3n) is 3.07. The molecule has 2 rings (SSSR count). The van der Waals surface area contributed by atoms with Gasteiger partial charge in [-0.15, -0.1) is 0 Å². The van der Waals surface area contributed by atoms with Crippen LogP contribution in [-0.4, -0.2) is 36.9 Å². The molecule has 0 radical (unpaired) electrons. The van der Waals surface area contributed by atoms with Crippen LogP contribution in [0.4, 0.5) is 5.82 Å². The first-order chi connectivity index (χ1) is 10.9. The number of hydrogen-bond acceptors (Lipinski definition) is 5. The van der Waals surface area contributed by atoms with Crippen molar-refractivity contribution < 1.29 is 9.72 Å². The number of carbonyl (C=O) groups is 1. The molecule has 11 heteroatoms. The number of aryl methyl sites for hydroxylation is 1. The summed E-state index contributed by atoms with van der Waals surface area (Å²) in [5, 5.41) is 21.7. The van der Waals surface area contributed by atoms with Gasteiger partial charge in [-0.05, 0) is 18.3 Å². The molecule has 0 fully saturated rings. The Morgan fingerprint density at radius 1 is 1.48 bits per heavy atom. The van der Waals surface area contributed by atoms with Crippen molar-refractivity contribution in [2.75, 3.05) is 6.54 Å². The molecule has 2 aromatic heterocycles. The lowest BCUT2D eigenvalue weighted by Gasteiger charge is -2.05. The lowest BCUT2D eigenvalue weighted by atomic mass is 10.4. The summed E-state index contributed by atoms with van der Waals surface area (Å²) in [7, 11) is 0. The van der Waals surface area contributed by atoms with Gasteiger partial charge in [-0.25, -0.2) is 0 Å². The first kappa shape index (κ1) is 17.2. The van der Waals surface area contributed by atoms with E-state index in [4.69, 9.17) is 23.2 Å². The van der Waals surface area contributed by atoms with Gasteiger partial charge in [0.1, 0.15) is 6.54 Å². The summed E-state index contributed by atoms with van der Waals surface area (Å²) in [6, 6.07) is 0. The van der Waals surface area contributed by atoms with Crippen molar-refractivity contribution in [1.29, 1.82) is 0 Å². The fraction of sp³-hybridized carbons (Fsp3) is 0.417. The number of halogens is 2. The van der Waals surface area contributed by atoms with E-state index in [9.17, 15) is 14.9 Å². The maximum absolute atomic E-state index is 11.8. The molecular formula is C12H14Cl2N6O3. The standard InChI is InChI=1S/C12H14Cl2N6O3/c1-8-11(14)12(20(22)23)17-19(8)7-10(21)15-3-2-4-18-6-9(13)5-16-18/h5-6H,2-4,7H2,1H3,(H,15,21). The average Bonchev–Trinajstić information content (AvgIpc) is 3.02. The Labute approximate surface area is 141 Å². The molecule has 2 aromatic rings. The molecule has 0 spiro atoms. The minimum Gasteiger partial charge on any atom is -0.358 e. The van der Waals surface area contributed by atoms with Crippen LogP contribution in [0.25, 0.3) is 0 Å². The normalized spacial score (nSPS) is 10.7. The van der Waals surface area contributed by atoms with Crippen LogP contribution in [-0.2, 0) is 17.9 Å². The van der Waals surface area contributed by atoms with Crippen LogP contribution in [0.2, 0.25) is 10.0 Å². The predicted octanol–water partition coefficient (Wildman–Crippen LogP) is 1.81. The van der Waals surface area contributed by atoms with Crippen LogP contribution in [0.15, 0.2) is 12.4 Å². The molecule has 0 atom stereocenters. The molecule has 1 amide bonds. The van der Waals surface area contributed by atoms with Gasteiger partial charge in [0.05, 0.1) is 22.0 Å². The zero-order valence-corrected chi connectivity index (χ0v) is 13.7. The number of nitrogens with one attached hydrogen (secondary N) is 1. The van der Waals surface area contributed by atoms with Crippen molar-refractivity contribution in [3.05, 3.63) is 38.2 Å². The summed E-state index contributed by atoms with van der Waals surface area (Å²) >= 11 is 11.6. The molecule has 0 saturated heterocycles. The molecule has 0 aromatic carbocycles. The van der Waals surface area contributed by atoms with Crippen LogP contribution < -0.4 is 5.32 Å². The van der Waals surface area contributed by atoms with Crippen molar-refractivity contribution in [3.8, 4) is 0 Å². The van der Waals surface area contributed by atoms with E-state index < -0.39 is 10.7 Å². The van der Waals surface area contributed by atoms with Crippen LogP contribution in [0.3, 0.4) is 0 Å². The first-order valence-electron chi connectivity index (χ1n) is 6.70. The van der Waals surface area contributed by atoms with Crippen molar-refractivity contribution in [3.63, 3.8) is 0 Å². The fourth-order valence-electron chi connectivity index (χ4n) is 1.90. The van der Waals surface area contributed by atoms with Gasteiger partial charge in [-0.3, -0.25) is 9.48 Å². The van der Waals surface area contributed by atoms with E-state index in [0.29, 0.717) is 30.2 Å². The zero-order chi connectivity index (χ0) is 17.0. The Morgan fingerprint density at radius 2 is 2.22 bits per heavy atom. The summed E-state index contributed by atoms with van der Waals surface area (Å²) in [6.45, 7) is 2.49. The number of carbonyl (C=O) groups excluding carboxylic acids is 1. The van der Waals surface area contributed by atoms with E-state index in [1.54, 1.807) is 17.8 Å². The zero-order valence-electron chi connectivity index (χ0n) is 12.2. The van der Waals surface area contributed by atoms with Crippen LogP contribution in [0, 0.1) is 17.0 Å². The Hall–Kier alpha value is -2.13. The van der Waals surface area contributed by atoms with Gasteiger partial charge >= 0.3 is 5.82 Å². The Kier molecular flexibility index (Phi) is 5.56. The van der Waals surface area contributed by atoms with Gasteiger partial charge in [0.2, 0.25) is 5.91 Å². The highest BCUT2D eigenvalue weighted by atomic mass is 35.5. The van der Waals surface area contributed by atoms with Crippen molar-refractivity contribution in [2.45, 2.75) is 26.4 Å².